The summed E-state index contributed by atoms with van der Waals surface area (Å²) in [6, 6.07) is 0.567. The Hall–Kier alpha value is -0.0800. The highest BCUT2D eigenvalue weighted by molar-refractivity contribution is 4.98. The van der Waals surface area contributed by atoms with E-state index in [4.69, 9.17) is 0 Å². The minimum atomic E-state index is -0.150. The van der Waals surface area contributed by atoms with Crippen LogP contribution in [0.25, 0.3) is 0 Å². The molecule has 88 valence electrons. The number of hydrogen-bond donors (Lipinski definition) is 1. The molecule has 1 N–H and O–H groups in total. The number of hydrogen-bond acceptors (Lipinski definition) is 2. The highest BCUT2D eigenvalue weighted by Gasteiger charge is 2.44. The molecule has 1 saturated heterocycles. The smallest absolute Gasteiger partial charge is 0.0526 e. The van der Waals surface area contributed by atoms with Gasteiger partial charge in [0.1, 0.15) is 0 Å². The molecule has 1 heterocycles. The van der Waals surface area contributed by atoms with Gasteiger partial charge in [-0.3, -0.25) is 4.90 Å². The van der Waals surface area contributed by atoms with Crippen molar-refractivity contribution in [3.8, 4) is 0 Å². The topological polar surface area (TPSA) is 23.5 Å². The van der Waals surface area contributed by atoms with Gasteiger partial charge in [-0.2, -0.15) is 0 Å². The fourth-order valence-corrected chi connectivity index (χ4v) is 3.39. The van der Waals surface area contributed by atoms with Gasteiger partial charge in [0.05, 0.1) is 6.10 Å². The normalized spacial score (nSPS) is 29.8. The first-order chi connectivity index (χ1) is 7.11. The van der Waals surface area contributed by atoms with Gasteiger partial charge in [0.15, 0.2) is 0 Å². The van der Waals surface area contributed by atoms with Crippen LogP contribution in [0, 0.1) is 5.41 Å². The summed E-state index contributed by atoms with van der Waals surface area (Å²) in [4.78, 5) is 2.55. The van der Waals surface area contributed by atoms with E-state index < -0.39 is 0 Å². The van der Waals surface area contributed by atoms with Gasteiger partial charge in [-0.15, -0.1) is 0 Å². The van der Waals surface area contributed by atoms with Crippen LogP contribution >= 0.6 is 0 Å². The molecule has 1 aliphatic carbocycles. The molecule has 0 aromatic carbocycles. The van der Waals surface area contributed by atoms with Gasteiger partial charge in [0.2, 0.25) is 0 Å². The van der Waals surface area contributed by atoms with Crippen molar-refractivity contribution in [3.63, 3.8) is 0 Å². The zero-order chi connectivity index (χ0) is 10.9. The number of likely N-dealkylation sites (tertiary alicyclic amines) is 1. The van der Waals surface area contributed by atoms with Crippen molar-refractivity contribution in [2.75, 3.05) is 13.1 Å². The molecule has 2 heteroatoms. The van der Waals surface area contributed by atoms with Crippen molar-refractivity contribution in [2.45, 2.75) is 64.5 Å². The second-order valence-electron chi connectivity index (χ2n) is 5.90. The monoisotopic (exact) mass is 211 g/mol. The highest BCUT2D eigenvalue weighted by atomic mass is 16.3. The maximum atomic E-state index is 9.37. The third-order valence-electron chi connectivity index (χ3n) is 4.30. The molecule has 0 amide bonds. The molecule has 1 spiro atoms. The van der Waals surface area contributed by atoms with Gasteiger partial charge in [0, 0.05) is 19.1 Å². The van der Waals surface area contributed by atoms with E-state index in [0.717, 1.165) is 6.42 Å². The van der Waals surface area contributed by atoms with Crippen molar-refractivity contribution in [2.24, 2.45) is 5.41 Å². The lowest BCUT2D eigenvalue weighted by Crippen LogP contribution is -2.60. The van der Waals surface area contributed by atoms with E-state index in [9.17, 15) is 5.11 Å². The van der Waals surface area contributed by atoms with Crippen molar-refractivity contribution in [1.29, 1.82) is 0 Å². The van der Waals surface area contributed by atoms with E-state index >= 15 is 0 Å². The Morgan fingerprint density at radius 1 is 1.13 bits per heavy atom. The van der Waals surface area contributed by atoms with Gasteiger partial charge < -0.3 is 5.11 Å². The summed E-state index contributed by atoms with van der Waals surface area (Å²) in [5, 5.41) is 9.37. The summed E-state index contributed by atoms with van der Waals surface area (Å²) < 4.78 is 0. The predicted octanol–water partition coefficient (Wildman–Crippen LogP) is 2.41. The standard InChI is InChI=1S/C13H25NO/c1-11(8-12(2)15)14-9-13(10-14)6-4-3-5-7-13/h11-12,15H,3-10H2,1-2H3. The van der Waals surface area contributed by atoms with Gasteiger partial charge in [0.25, 0.3) is 0 Å². The van der Waals surface area contributed by atoms with Gasteiger partial charge in [-0.25, -0.2) is 0 Å². The molecule has 0 aromatic rings. The fourth-order valence-electron chi connectivity index (χ4n) is 3.39. The molecular formula is C13H25NO. The minimum absolute atomic E-state index is 0.150. The van der Waals surface area contributed by atoms with Crippen LogP contribution in [0.1, 0.15) is 52.4 Å². The summed E-state index contributed by atoms with van der Waals surface area (Å²) in [6.45, 7) is 6.73. The average Bonchev–Trinajstić information content (AvgIpc) is 2.14. The van der Waals surface area contributed by atoms with Crippen molar-refractivity contribution >= 4 is 0 Å². The first-order valence-corrected chi connectivity index (χ1v) is 6.53. The Morgan fingerprint density at radius 3 is 2.27 bits per heavy atom. The largest absolute Gasteiger partial charge is 0.393 e. The van der Waals surface area contributed by atoms with E-state index in [1.54, 1.807) is 0 Å². The molecule has 2 aliphatic rings. The maximum absolute atomic E-state index is 9.37. The fraction of sp³-hybridized carbons (Fsp3) is 1.00. The predicted molar refractivity (Wildman–Crippen MR) is 62.9 cm³/mol. The van der Waals surface area contributed by atoms with Crippen LogP contribution in [0.15, 0.2) is 0 Å². The first kappa shape index (κ1) is 11.4. The van der Waals surface area contributed by atoms with E-state index in [2.05, 4.69) is 11.8 Å². The van der Waals surface area contributed by atoms with E-state index in [-0.39, 0.29) is 6.10 Å². The van der Waals surface area contributed by atoms with Crippen LogP contribution in [0.5, 0.6) is 0 Å². The van der Waals surface area contributed by atoms with E-state index in [1.165, 1.54) is 45.2 Å². The SMILES string of the molecule is CC(O)CC(C)N1CC2(CCCCC2)C1. The Morgan fingerprint density at radius 2 is 1.73 bits per heavy atom. The zero-order valence-electron chi connectivity index (χ0n) is 10.2. The molecule has 2 nitrogen and oxygen atoms in total. The summed E-state index contributed by atoms with van der Waals surface area (Å²) in [5.41, 5.74) is 0.686. The number of aliphatic hydroxyl groups excluding tert-OH is 1. The van der Waals surface area contributed by atoms with Crippen LogP contribution in [0.3, 0.4) is 0 Å². The van der Waals surface area contributed by atoms with Crippen molar-refractivity contribution < 1.29 is 5.11 Å². The quantitative estimate of drug-likeness (QED) is 0.775. The van der Waals surface area contributed by atoms with Crippen LogP contribution in [0.2, 0.25) is 0 Å². The molecule has 1 aliphatic heterocycles. The second kappa shape index (κ2) is 4.42. The molecule has 15 heavy (non-hydrogen) atoms. The molecule has 2 fully saturated rings. The Balaban J connectivity index is 1.76. The first-order valence-electron chi connectivity index (χ1n) is 6.53. The number of aliphatic hydroxyl groups is 1. The van der Waals surface area contributed by atoms with Crippen LogP contribution < -0.4 is 0 Å². The maximum Gasteiger partial charge on any atom is 0.0526 e. The second-order valence-corrected chi connectivity index (χ2v) is 5.90. The summed E-state index contributed by atoms with van der Waals surface area (Å²) >= 11 is 0. The summed E-state index contributed by atoms with van der Waals surface area (Å²) in [6.07, 6.45) is 8.01. The lowest BCUT2D eigenvalue weighted by atomic mass is 9.68. The van der Waals surface area contributed by atoms with Crippen LogP contribution in [-0.4, -0.2) is 35.2 Å². The Labute approximate surface area is 93.7 Å². The summed E-state index contributed by atoms with van der Waals surface area (Å²) in [5.74, 6) is 0. The number of nitrogens with zero attached hydrogens (tertiary/aromatic N) is 1. The highest BCUT2D eigenvalue weighted by Crippen LogP contribution is 2.44. The Kier molecular flexibility index (Phi) is 3.36. The van der Waals surface area contributed by atoms with Crippen LogP contribution in [-0.2, 0) is 0 Å². The van der Waals surface area contributed by atoms with Gasteiger partial charge in [-0.05, 0) is 38.5 Å². The number of rotatable bonds is 3. The summed E-state index contributed by atoms with van der Waals surface area (Å²) in [7, 11) is 0. The molecule has 2 rings (SSSR count). The molecule has 1 saturated carbocycles. The average molecular weight is 211 g/mol. The molecule has 2 atom stereocenters. The zero-order valence-corrected chi connectivity index (χ0v) is 10.2. The molecule has 0 aromatic heterocycles. The van der Waals surface area contributed by atoms with Crippen molar-refractivity contribution in [3.05, 3.63) is 0 Å². The van der Waals surface area contributed by atoms with Gasteiger partial charge in [-0.1, -0.05) is 19.3 Å². The van der Waals surface area contributed by atoms with Crippen LogP contribution in [0.4, 0.5) is 0 Å². The molecule has 0 radical (unpaired) electrons. The lowest BCUT2D eigenvalue weighted by Gasteiger charge is -2.55. The third-order valence-corrected chi connectivity index (χ3v) is 4.30. The minimum Gasteiger partial charge on any atom is -0.393 e. The molecule has 0 bridgehead atoms. The Bertz CT molecular complexity index is 201. The lowest BCUT2D eigenvalue weighted by molar-refractivity contribution is -0.0590. The third kappa shape index (κ3) is 2.54. The molecule has 2 unspecified atom stereocenters. The van der Waals surface area contributed by atoms with E-state index in [0.29, 0.717) is 11.5 Å². The van der Waals surface area contributed by atoms with Crippen molar-refractivity contribution in [1.82, 2.24) is 4.90 Å². The van der Waals surface area contributed by atoms with Gasteiger partial charge >= 0.3 is 0 Å². The van der Waals surface area contributed by atoms with E-state index in [1.807, 2.05) is 6.92 Å². The molecular weight excluding hydrogens is 186 g/mol.